The van der Waals surface area contributed by atoms with Crippen LogP contribution in [0.3, 0.4) is 0 Å². The minimum atomic E-state index is -4.36. The fourth-order valence-electron chi connectivity index (χ4n) is 1.73. The van der Waals surface area contributed by atoms with Crippen LogP contribution in [0, 0.1) is 0 Å². The molecule has 1 aromatic rings. The summed E-state index contributed by atoms with van der Waals surface area (Å²) in [7, 11) is 0. The van der Waals surface area contributed by atoms with Gasteiger partial charge in [0.25, 0.3) is 0 Å². The first-order chi connectivity index (χ1) is 7.59. The molecule has 2 nitrogen and oxygen atoms in total. The van der Waals surface area contributed by atoms with E-state index < -0.39 is 18.4 Å². The van der Waals surface area contributed by atoms with Crippen LogP contribution < -0.4 is 0 Å². The van der Waals surface area contributed by atoms with Crippen LogP contribution in [0.25, 0.3) is 0 Å². The second-order valence-electron chi connectivity index (χ2n) is 3.54. The Hall–Kier alpha value is -1.07. The summed E-state index contributed by atoms with van der Waals surface area (Å²) in [6, 6.07) is 7.69. The lowest BCUT2D eigenvalue weighted by atomic mass is 9.98. The van der Waals surface area contributed by atoms with Gasteiger partial charge in [0.05, 0.1) is 13.2 Å². The molecule has 1 heterocycles. The molecule has 0 spiro atoms. The summed E-state index contributed by atoms with van der Waals surface area (Å²) in [6.45, 7) is 0.425. The van der Waals surface area contributed by atoms with Crippen LogP contribution in [0.2, 0.25) is 0 Å². The third-order valence-electron chi connectivity index (χ3n) is 2.43. The first-order valence-electron chi connectivity index (χ1n) is 4.94. The fourth-order valence-corrected chi connectivity index (χ4v) is 1.73. The zero-order valence-electron chi connectivity index (χ0n) is 8.41. The average molecular weight is 232 g/mol. The van der Waals surface area contributed by atoms with E-state index in [0.29, 0.717) is 0 Å². The summed E-state index contributed by atoms with van der Waals surface area (Å²) in [5, 5.41) is 0. The Morgan fingerprint density at radius 2 is 1.62 bits per heavy atom. The highest BCUT2D eigenvalue weighted by molar-refractivity contribution is 5.22. The fraction of sp³-hybridized carbons (Fsp3) is 0.455. The van der Waals surface area contributed by atoms with Gasteiger partial charge in [0, 0.05) is 0 Å². The zero-order chi connectivity index (χ0) is 11.6. The van der Waals surface area contributed by atoms with E-state index >= 15 is 0 Å². The standard InChI is InChI=1S/C11H11F3O2/c12-11(13,14)9(10-15-6-7-16-10)8-4-2-1-3-5-8/h1-5,9-10H,6-7H2. The van der Waals surface area contributed by atoms with Crippen LogP contribution in [-0.2, 0) is 9.47 Å². The van der Waals surface area contributed by atoms with Crippen molar-refractivity contribution in [2.45, 2.75) is 18.4 Å². The van der Waals surface area contributed by atoms with Gasteiger partial charge >= 0.3 is 6.18 Å². The van der Waals surface area contributed by atoms with Gasteiger partial charge in [-0.05, 0) is 5.56 Å². The number of hydrogen-bond acceptors (Lipinski definition) is 2. The summed E-state index contributed by atoms with van der Waals surface area (Å²) in [6.07, 6.45) is -5.58. The van der Waals surface area contributed by atoms with Crippen molar-refractivity contribution >= 4 is 0 Å². The predicted octanol–water partition coefficient (Wildman–Crippen LogP) is 2.71. The van der Waals surface area contributed by atoms with Crippen molar-refractivity contribution in [3.8, 4) is 0 Å². The highest BCUT2D eigenvalue weighted by Crippen LogP contribution is 2.39. The number of benzene rings is 1. The van der Waals surface area contributed by atoms with Crippen LogP contribution >= 0.6 is 0 Å². The Kier molecular flexibility index (Phi) is 3.16. The van der Waals surface area contributed by atoms with Crippen LogP contribution in [0.5, 0.6) is 0 Å². The van der Waals surface area contributed by atoms with Crippen molar-refractivity contribution in [2.75, 3.05) is 13.2 Å². The first kappa shape index (κ1) is 11.4. The van der Waals surface area contributed by atoms with Gasteiger partial charge in [0.15, 0.2) is 6.29 Å². The smallest absolute Gasteiger partial charge is 0.349 e. The third kappa shape index (κ3) is 2.36. The lowest BCUT2D eigenvalue weighted by molar-refractivity contribution is -0.207. The molecule has 1 fully saturated rings. The van der Waals surface area contributed by atoms with E-state index in [2.05, 4.69) is 0 Å². The SMILES string of the molecule is FC(F)(F)C(c1ccccc1)C1OCCO1. The van der Waals surface area contributed by atoms with Crippen LogP contribution in [0.4, 0.5) is 13.2 Å². The van der Waals surface area contributed by atoms with Crippen molar-refractivity contribution in [3.63, 3.8) is 0 Å². The quantitative estimate of drug-likeness (QED) is 0.780. The molecule has 0 amide bonds. The Morgan fingerprint density at radius 3 is 2.12 bits per heavy atom. The lowest BCUT2D eigenvalue weighted by Crippen LogP contribution is -2.32. The van der Waals surface area contributed by atoms with E-state index in [0.717, 1.165) is 0 Å². The van der Waals surface area contributed by atoms with Gasteiger partial charge in [-0.15, -0.1) is 0 Å². The summed E-state index contributed by atoms with van der Waals surface area (Å²) in [5.41, 5.74) is 0.168. The molecule has 5 heteroatoms. The normalized spacial score (nSPS) is 19.9. The molecule has 0 saturated carbocycles. The lowest BCUT2D eigenvalue weighted by Gasteiger charge is -2.24. The summed E-state index contributed by atoms with van der Waals surface area (Å²) < 4.78 is 48.6. The van der Waals surface area contributed by atoms with Crippen LogP contribution in [0.15, 0.2) is 30.3 Å². The first-order valence-corrected chi connectivity index (χ1v) is 4.94. The van der Waals surface area contributed by atoms with E-state index in [1.54, 1.807) is 18.2 Å². The van der Waals surface area contributed by atoms with Gasteiger partial charge in [0.2, 0.25) is 0 Å². The molecule has 0 bridgehead atoms. The van der Waals surface area contributed by atoms with Gasteiger partial charge in [-0.25, -0.2) is 0 Å². The molecule has 1 saturated heterocycles. The predicted molar refractivity (Wildman–Crippen MR) is 50.9 cm³/mol. The minimum absolute atomic E-state index is 0.168. The Morgan fingerprint density at radius 1 is 1.06 bits per heavy atom. The Labute approximate surface area is 91.0 Å². The molecule has 0 N–H and O–H groups in total. The van der Waals surface area contributed by atoms with Crippen molar-refractivity contribution in [3.05, 3.63) is 35.9 Å². The maximum atomic E-state index is 12.9. The number of halogens is 3. The molecule has 1 unspecified atom stereocenters. The second kappa shape index (κ2) is 4.43. The van der Waals surface area contributed by atoms with E-state index in [1.165, 1.54) is 12.1 Å². The minimum Gasteiger partial charge on any atom is -0.349 e. The number of hydrogen-bond donors (Lipinski definition) is 0. The molecular formula is C11H11F3O2. The van der Waals surface area contributed by atoms with E-state index in [4.69, 9.17) is 9.47 Å². The summed E-state index contributed by atoms with van der Waals surface area (Å²) >= 11 is 0. The Balaban J connectivity index is 2.28. The number of rotatable bonds is 2. The average Bonchev–Trinajstić information content (AvgIpc) is 2.71. The monoisotopic (exact) mass is 232 g/mol. The van der Waals surface area contributed by atoms with Crippen LogP contribution in [0.1, 0.15) is 11.5 Å². The van der Waals surface area contributed by atoms with E-state index in [-0.39, 0.29) is 18.8 Å². The van der Waals surface area contributed by atoms with Crippen LogP contribution in [-0.4, -0.2) is 25.7 Å². The molecule has 0 aromatic heterocycles. The highest BCUT2D eigenvalue weighted by atomic mass is 19.4. The van der Waals surface area contributed by atoms with Crippen molar-refractivity contribution < 1.29 is 22.6 Å². The van der Waals surface area contributed by atoms with Gasteiger partial charge in [0.1, 0.15) is 5.92 Å². The van der Waals surface area contributed by atoms with E-state index in [1.807, 2.05) is 0 Å². The highest BCUT2D eigenvalue weighted by Gasteiger charge is 2.48. The maximum absolute atomic E-state index is 12.9. The molecule has 1 aliphatic rings. The molecular weight excluding hydrogens is 221 g/mol. The van der Waals surface area contributed by atoms with E-state index in [9.17, 15) is 13.2 Å². The topological polar surface area (TPSA) is 18.5 Å². The summed E-state index contributed by atoms with van der Waals surface area (Å²) in [4.78, 5) is 0. The summed E-state index contributed by atoms with van der Waals surface area (Å²) in [5.74, 6) is -1.71. The third-order valence-corrected chi connectivity index (χ3v) is 2.43. The molecule has 1 aliphatic heterocycles. The Bertz CT molecular complexity index is 331. The van der Waals surface area contributed by atoms with Crippen molar-refractivity contribution in [2.24, 2.45) is 0 Å². The number of ether oxygens (including phenoxy) is 2. The van der Waals surface area contributed by atoms with Crippen molar-refractivity contribution in [1.82, 2.24) is 0 Å². The molecule has 88 valence electrons. The largest absolute Gasteiger partial charge is 0.400 e. The molecule has 2 rings (SSSR count). The molecule has 0 aliphatic carbocycles. The molecule has 1 atom stereocenters. The van der Waals surface area contributed by atoms with Gasteiger partial charge in [-0.1, -0.05) is 30.3 Å². The molecule has 16 heavy (non-hydrogen) atoms. The number of alkyl halides is 3. The van der Waals surface area contributed by atoms with Gasteiger partial charge < -0.3 is 9.47 Å². The second-order valence-corrected chi connectivity index (χ2v) is 3.54. The molecule has 1 aromatic carbocycles. The van der Waals surface area contributed by atoms with Gasteiger partial charge in [-0.2, -0.15) is 13.2 Å². The maximum Gasteiger partial charge on any atom is 0.400 e. The molecule has 0 radical (unpaired) electrons. The zero-order valence-corrected chi connectivity index (χ0v) is 8.41. The van der Waals surface area contributed by atoms with Crippen molar-refractivity contribution in [1.29, 1.82) is 0 Å². The van der Waals surface area contributed by atoms with Gasteiger partial charge in [-0.3, -0.25) is 0 Å².